The monoisotopic (exact) mass is 262 g/mol. The smallest absolute Gasteiger partial charge is 0.328 e. The van der Waals surface area contributed by atoms with Crippen LogP contribution in [0.25, 0.3) is 0 Å². The van der Waals surface area contributed by atoms with Gasteiger partial charge >= 0.3 is 12.0 Å². The van der Waals surface area contributed by atoms with Gasteiger partial charge < -0.3 is 25.2 Å². The fourth-order valence-electron chi connectivity index (χ4n) is 1.16. The lowest BCUT2D eigenvalue weighted by molar-refractivity contribution is -0.141. The summed E-state index contributed by atoms with van der Waals surface area (Å²) >= 11 is 0. The number of ether oxygens (including phenoxy) is 1. The molecule has 18 heavy (non-hydrogen) atoms. The predicted molar refractivity (Wildman–Crippen MR) is 65.4 cm³/mol. The van der Waals surface area contributed by atoms with Crippen LogP contribution >= 0.6 is 0 Å². The fourth-order valence-corrected chi connectivity index (χ4v) is 1.16. The summed E-state index contributed by atoms with van der Waals surface area (Å²) in [5.41, 5.74) is 0. The molecule has 0 aromatic heterocycles. The Balaban J connectivity index is 4.17. The van der Waals surface area contributed by atoms with Crippen LogP contribution in [0, 0.1) is 0 Å². The molecule has 3 N–H and O–H groups in total. The van der Waals surface area contributed by atoms with E-state index in [1.165, 1.54) is 18.9 Å². The summed E-state index contributed by atoms with van der Waals surface area (Å²) in [5, 5.41) is 20.3. The molecule has 0 radical (unpaired) electrons. The van der Waals surface area contributed by atoms with Gasteiger partial charge in [-0.3, -0.25) is 0 Å². The van der Waals surface area contributed by atoms with E-state index in [2.05, 4.69) is 5.32 Å². The molecule has 0 aliphatic carbocycles. The van der Waals surface area contributed by atoms with Crippen molar-refractivity contribution in [1.29, 1.82) is 0 Å². The van der Waals surface area contributed by atoms with Crippen molar-refractivity contribution in [2.75, 3.05) is 20.2 Å². The second-order valence-corrected chi connectivity index (χ2v) is 4.35. The van der Waals surface area contributed by atoms with Gasteiger partial charge in [-0.25, -0.2) is 9.59 Å². The van der Waals surface area contributed by atoms with E-state index in [-0.39, 0.29) is 6.10 Å². The van der Waals surface area contributed by atoms with Crippen LogP contribution in [-0.2, 0) is 9.53 Å². The van der Waals surface area contributed by atoms with Gasteiger partial charge in [0.1, 0.15) is 0 Å². The topological polar surface area (TPSA) is 99.1 Å². The Bertz CT molecular complexity index is 281. The number of carbonyl (C=O) groups is 2. The molecule has 106 valence electrons. The van der Waals surface area contributed by atoms with E-state index in [1.54, 1.807) is 0 Å². The van der Waals surface area contributed by atoms with Gasteiger partial charge in [0.25, 0.3) is 0 Å². The first-order valence-electron chi connectivity index (χ1n) is 5.79. The zero-order valence-corrected chi connectivity index (χ0v) is 11.2. The Labute approximate surface area is 107 Å². The average Bonchev–Trinajstić information content (AvgIpc) is 2.23. The number of urea groups is 1. The lowest BCUT2D eigenvalue weighted by Gasteiger charge is -2.23. The van der Waals surface area contributed by atoms with Crippen LogP contribution in [0.15, 0.2) is 0 Å². The summed E-state index contributed by atoms with van der Waals surface area (Å²) in [4.78, 5) is 23.7. The molecule has 0 aliphatic rings. The third kappa shape index (κ3) is 6.41. The second kappa shape index (κ2) is 7.88. The molecule has 0 heterocycles. The van der Waals surface area contributed by atoms with Crippen LogP contribution in [0.5, 0.6) is 0 Å². The minimum Gasteiger partial charge on any atom is -0.480 e. The Morgan fingerprint density at radius 2 is 1.89 bits per heavy atom. The summed E-state index contributed by atoms with van der Waals surface area (Å²) in [6.45, 7) is 5.78. The first kappa shape index (κ1) is 16.7. The molecule has 0 saturated carbocycles. The van der Waals surface area contributed by atoms with Crippen molar-refractivity contribution in [1.82, 2.24) is 10.2 Å². The lowest BCUT2D eigenvalue weighted by Crippen LogP contribution is -2.52. The first-order chi connectivity index (χ1) is 8.25. The van der Waals surface area contributed by atoms with E-state index in [1.807, 2.05) is 13.8 Å². The SMILES string of the molecule is CC(C)OCCN(C)C(=O)NC(C(=O)O)C(C)O. The van der Waals surface area contributed by atoms with Crippen molar-refractivity contribution in [2.24, 2.45) is 0 Å². The number of aliphatic hydroxyl groups excluding tert-OH is 1. The number of aliphatic hydroxyl groups is 1. The number of carboxylic acid groups (broad SMARTS) is 1. The van der Waals surface area contributed by atoms with Gasteiger partial charge in [-0.05, 0) is 20.8 Å². The van der Waals surface area contributed by atoms with E-state index in [0.29, 0.717) is 13.2 Å². The van der Waals surface area contributed by atoms with E-state index in [9.17, 15) is 14.7 Å². The van der Waals surface area contributed by atoms with Crippen LogP contribution < -0.4 is 5.32 Å². The van der Waals surface area contributed by atoms with Crippen molar-refractivity contribution < 1.29 is 24.5 Å². The summed E-state index contributed by atoms with van der Waals surface area (Å²) in [7, 11) is 1.53. The maximum absolute atomic E-state index is 11.6. The maximum atomic E-state index is 11.6. The Morgan fingerprint density at radius 1 is 1.33 bits per heavy atom. The van der Waals surface area contributed by atoms with Gasteiger partial charge in [0.2, 0.25) is 0 Å². The number of hydrogen-bond acceptors (Lipinski definition) is 4. The zero-order valence-electron chi connectivity index (χ0n) is 11.2. The summed E-state index contributed by atoms with van der Waals surface area (Å²) in [6, 6.07) is -1.87. The number of hydrogen-bond donors (Lipinski definition) is 3. The standard InChI is InChI=1S/C11H22N2O5/c1-7(2)18-6-5-13(4)11(17)12-9(8(3)14)10(15)16/h7-9,14H,5-6H2,1-4H3,(H,12,17)(H,15,16). The van der Waals surface area contributed by atoms with Crippen molar-refractivity contribution in [3.8, 4) is 0 Å². The molecule has 0 bridgehead atoms. The molecule has 0 fully saturated rings. The number of nitrogens with zero attached hydrogens (tertiary/aromatic N) is 1. The van der Waals surface area contributed by atoms with E-state index in [0.717, 1.165) is 0 Å². The molecular weight excluding hydrogens is 240 g/mol. The summed E-state index contributed by atoms with van der Waals surface area (Å²) in [6.07, 6.45) is -1.09. The number of nitrogens with one attached hydrogen (secondary N) is 1. The number of rotatable bonds is 7. The molecule has 7 heteroatoms. The zero-order chi connectivity index (χ0) is 14.3. The Morgan fingerprint density at radius 3 is 2.28 bits per heavy atom. The number of likely N-dealkylation sites (N-methyl/N-ethyl adjacent to an activating group) is 1. The molecule has 0 spiro atoms. The van der Waals surface area contributed by atoms with Gasteiger partial charge in [-0.15, -0.1) is 0 Å². The fraction of sp³-hybridized carbons (Fsp3) is 0.818. The first-order valence-corrected chi connectivity index (χ1v) is 5.79. The minimum absolute atomic E-state index is 0.0747. The highest BCUT2D eigenvalue weighted by atomic mass is 16.5. The number of carbonyl (C=O) groups excluding carboxylic acids is 1. The Hall–Kier alpha value is -1.34. The van der Waals surface area contributed by atoms with Crippen molar-refractivity contribution in [3.05, 3.63) is 0 Å². The molecule has 0 aliphatic heterocycles. The largest absolute Gasteiger partial charge is 0.480 e. The number of amides is 2. The normalized spacial score (nSPS) is 14.1. The van der Waals surface area contributed by atoms with Crippen molar-refractivity contribution in [3.63, 3.8) is 0 Å². The van der Waals surface area contributed by atoms with E-state index >= 15 is 0 Å². The molecule has 7 nitrogen and oxygen atoms in total. The van der Waals surface area contributed by atoms with Gasteiger partial charge in [0.05, 0.1) is 18.8 Å². The van der Waals surface area contributed by atoms with Crippen LogP contribution in [0.4, 0.5) is 4.79 Å². The highest BCUT2D eigenvalue weighted by Gasteiger charge is 2.26. The van der Waals surface area contributed by atoms with E-state index < -0.39 is 24.1 Å². The third-order valence-corrected chi connectivity index (χ3v) is 2.25. The number of aliphatic carboxylic acids is 1. The number of carboxylic acids is 1. The highest BCUT2D eigenvalue weighted by Crippen LogP contribution is 1.96. The van der Waals surface area contributed by atoms with Gasteiger partial charge in [-0.2, -0.15) is 0 Å². The van der Waals surface area contributed by atoms with Crippen LogP contribution in [-0.4, -0.2) is 65.6 Å². The quantitative estimate of drug-likeness (QED) is 0.594. The van der Waals surface area contributed by atoms with Crippen LogP contribution in [0.3, 0.4) is 0 Å². The molecule has 0 aromatic rings. The molecule has 2 amide bonds. The van der Waals surface area contributed by atoms with Crippen molar-refractivity contribution >= 4 is 12.0 Å². The second-order valence-electron chi connectivity index (χ2n) is 4.35. The van der Waals surface area contributed by atoms with Crippen LogP contribution in [0.2, 0.25) is 0 Å². The van der Waals surface area contributed by atoms with Crippen LogP contribution in [0.1, 0.15) is 20.8 Å². The Kier molecular flexibility index (Phi) is 7.30. The molecule has 0 rings (SSSR count). The highest BCUT2D eigenvalue weighted by molar-refractivity contribution is 5.82. The van der Waals surface area contributed by atoms with Gasteiger partial charge in [0, 0.05) is 13.6 Å². The molecule has 2 atom stereocenters. The maximum Gasteiger partial charge on any atom is 0.328 e. The average molecular weight is 262 g/mol. The molecule has 2 unspecified atom stereocenters. The predicted octanol–water partition coefficient (Wildman–Crippen LogP) is -0.113. The molecule has 0 saturated heterocycles. The molecule has 0 aromatic carbocycles. The minimum atomic E-state index is -1.31. The third-order valence-electron chi connectivity index (χ3n) is 2.25. The summed E-state index contributed by atoms with van der Waals surface area (Å²) in [5.74, 6) is -1.27. The molecular formula is C11H22N2O5. The lowest BCUT2D eigenvalue weighted by atomic mass is 10.2. The van der Waals surface area contributed by atoms with E-state index in [4.69, 9.17) is 9.84 Å². The van der Waals surface area contributed by atoms with Gasteiger partial charge in [0.15, 0.2) is 6.04 Å². The van der Waals surface area contributed by atoms with Crippen molar-refractivity contribution in [2.45, 2.75) is 39.0 Å². The summed E-state index contributed by atoms with van der Waals surface area (Å²) < 4.78 is 5.28. The van der Waals surface area contributed by atoms with Gasteiger partial charge in [-0.1, -0.05) is 0 Å².